The lowest BCUT2D eigenvalue weighted by molar-refractivity contribution is -0.133. The average Bonchev–Trinajstić information content (AvgIpc) is 2.37. The first-order valence-electron chi connectivity index (χ1n) is 6.75. The van der Waals surface area contributed by atoms with E-state index in [4.69, 9.17) is 18.0 Å². The van der Waals surface area contributed by atoms with Crippen LogP contribution in [0.1, 0.15) is 38.5 Å². The second-order valence-corrected chi connectivity index (χ2v) is 8.07. The van der Waals surface area contributed by atoms with Crippen LogP contribution in [-0.2, 0) is 14.6 Å². The summed E-state index contributed by atoms with van der Waals surface area (Å²) in [6.07, 6.45) is 4.49. The van der Waals surface area contributed by atoms with E-state index in [2.05, 4.69) is 0 Å². The molecule has 0 bridgehead atoms. The Labute approximate surface area is 119 Å². The van der Waals surface area contributed by atoms with Gasteiger partial charge in [-0.1, -0.05) is 18.6 Å². The van der Waals surface area contributed by atoms with Gasteiger partial charge in [-0.3, -0.25) is 4.79 Å². The van der Waals surface area contributed by atoms with Crippen LogP contribution >= 0.6 is 12.2 Å². The Morgan fingerprint density at radius 3 is 2.47 bits per heavy atom. The van der Waals surface area contributed by atoms with E-state index in [1.165, 1.54) is 0 Å². The van der Waals surface area contributed by atoms with Gasteiger partial charge in [-0.15, -0.1) is 0 Å². The van der Waals surface area contributed by atoms with E-state index in [0.29, 0.717) is 24.4 Å². The van der Waals surface area contributed by atoms with E-state index in [0.717, 1.165) is 25.7 Å². The molecule has 0 spiro atoms. The molecule has 19 heavy (non-hydrogen) atoms. The van der Waals surface area contributed by atoms with Crippen molar-refractivity contribution < 1.29 is 13.2 Å². The Balaban J connectivity index is 2.19. The average molecular weight is 304 g/mol. The standard InChI is InChI=1S/C12H20N2O3S2/c13-11(18)9-5-1-3-7-14(9)12(15)10-6-2-4-8-19(10,16)17/h9-10H,1-8H2,(H2,13,18). The van der Waals surface area contributed by atoms with E-state index in [1.54, 1.807) is 4.90 Å². The minimum absolute atomic E-state index is 0.120. The van der Waals surface area contributed by atoms with E-state index in [-0.39, 0.29) is 17.7 Å². The zero-order valence-electron chi connectivity index (χ0n) is 10.9. The maximum Gasteiger partial charge on any atom is 0.241 e. The summed E-state index contributed by atoms with van der Waals surface area (Å²) in [6, 6.07) is -0.270. The number of hydrogen-bond donors (Lipinski definition) is 1. The zero-order valence-corrected chi connectivity index (χ0v) is 12.5. The van der Waals surface area contributed by atoms with Gasteiger partial charge in [-0.25, -0.2) is 8.42 Å². The van der Waals surface area contributed by atoms with Crippen molar-refractivity contribution in [2.24, 2.45) is 5.73 Å². The minimum Gasteiger partial charge on any atom is -0.392 e. The monoisotopic (exact) mass is 304 g/mol. The molecule has 2 fully saturated rings. The maximum atomic E-state index is 12.5. The molecular weight excluding hydrogens is 284 g/mol. The van der Waals surface area contributed by atoms with Crippen LogP contribution in [0, 0.1) is 0 Å². The van der Waals surface area contributed by atoms with Crippen LogP contribution in [0.15, 0.2) is 0 Å². The number of nitrogens with two attached hydrogens (primary N) is 1. The summed E-state index contributed by atoms with van der Waals surface area (Å²) in [5.41, 5.74) is 5.68. The van der Waals surface area contributed by atoms with Gasteiger partial charge in [0, 0.05) is 6.54 Å². The van der Waals surface area contributed by atoms with E-state index < -0.39 is 15.1 Å². The normalized spacial score (nSPS) is 30.8. The highest BCUT2D eigenvalue weighted by Crippen LogP contribution is 2.25. The summed E-state index contributed by atoms with van der Waals surface area (Å²) >= 11 is 5.00. The Morgan fingerprint density at radius 1 is 1.16 bits per heavy atom. The van der Waals surface area contributed by atoms with E-state index in [9.17, 15) is 13.2 Å². The lowest BCUT2D eigenvalue weighted by atomic mass is 10.0. The number of rotatable bonds is 2. The summed E-state index contributed by atoms with van der Waals surface area (Å²) in [7, 11) is -3.30. The Bertz CT molecular complexity index is 475. The Morgan fingerprint density at radius 2 is 1.84 bits per heavy atom. The highest BCUT2D eigenvalue weighted by molar-refractivity contribution is 7.92. The van der Waals surface area contributed by atoms with Gasteiger partial charge in [-0.05, 0) is 32.1 Å². The van der Waals surface area contributed by atoms with Gasteiger partial charge < -0.3 is 10.6 Å². The molecular formula is C12H20N2O3S2. The third-order valence-electron chi connectivity index (χ3n) is 3.97. The predicted octanol–water partition coefficient (Wildman–Crippen LogP) is 0.621. The first kappa shape index (κ1) is 14.7. The lowest BCUT2D eigenvalue weighted by Gasteiger charge is -2.37. The summed E-state index contributed by atoms with van der Waals surface area (Å²) in [4.78, 5) is 14.4. The van der Waals surface area contributed by atoms with Gasteiger partial charge in [0.2, 0.25) is 5.91 Å². The highest BCUT2D eigenvalue weighted by atomic mass is 32.2. The van der Waals surface area contributed by atoms with Crippen molar-refractivity contribution in [2.45, 2.75) is 49.8 Å². The van der Waals surface area contributed by atoms with Crippen molar-refractivity contribution in [3.05, 3.63) is 0 Å². The largest absolute Gasteiger partial charge is 0.392 e. The van der Waals surface area contributed by atoms with Crippen LogP contribution in [-0.4, -0.2) is 47.8 Å². The molecule has 108 valence electrons. The van der Waals surface area contributed by atoms with Gasteiger partial charge in [-0.2, -0.15) is 0 Å². The molecule has 0 aliphatic carbocycles. The number of likely N-dealkylation sites (tertiary alicyclic amines) is 1. The maximum absolute atomic E-state index is 12.5. The van der Waals surface area contributed by atoms with Crippen molar-refractivity contribution in [2.75, 3.05) is 12.3 Å². The molecule has 2 N–H and O–H groups in total. The second-order valence-electron chi connectivity index (χ2n) is 5.30. The molecule has 0 aromatic carbocycles. The first-order chi connectivity index (χ1) is 8.93. The molecule has 2 aliphatic heterocycles. The lowest BCUT2D eigenvalue weighted by Crippen LogP contribution is -2.54. The summed E-state index contributed by atoms with van der Waals surface area (Å²) < 4.78 is 24.1. The van der Waals surface area contributed by atoms with Gasteiger partial charge in [0.05, 0.1) is 16.8 Å². The third-order valence-corrected chi connectivity index (χ3v) is 6.40. The molecule has 5 nitrogen and oxygen atoms in total. The summed E-state index contributed by atoms with van der Waals surface area (Å²) in [6.45, 7) is 0.562. The molecule has 0 aromatic rings. The number of thiocarbonyl (C=S) groups is 1. The molecule has 2 heterocycles. The molecule has 7 heteroatoms. The number of hydrogen-bond acceptors (Lipinski definition) is 4. The SMILES string of the molecule is NC(=S)C1CCCCN1C(=O)C1CCCCS1(=O)=O. The van der Waals surface area contributed by atoms with Crippen LogP contribution in [0.5, 0.6) is 0 Å². The fourth-order valence-corrected chi connectivity index (χ4v) is 5.01. The van der Waals surface area contributed by atoms with Gasteiger partial charge >= 0.3 is 0 Å². The fourth-order valence-electron chi connectivity index (χ4n) is 2.91. The first-order valence-corrected chi connectivity index (χ1v) is 8.87. The van der Waals surface area contributed by atoms with Crippen molar-refractivity contribution in [3.8, 4) is 0 Å². The molecule has 0 saturated carbocycles. The van der Waals surface area contributed by atoms with Crippen LogP contribution < -0.4 is 5.73 Å². The highest BCUT2D eigenvalue weighted by Gasteiger charge is 2.40. The van der Waals surface area contributed by atoms with Crippen molar-refractivity contribution in [1.29, 1.82) is 0 Å². The number of carbonyl (C=O) groups is 1. The predicted molar refractivity (Wildman–Crippen MR) is 77.6 cm³/mol. The van der Waals surface area contributed by atoms with Gasteiger partial charge in [0.1, 0.15) is 5.25 Å². The number of amides is 1. The number of carbonyl (C=O) groups excluding carboxylic acids is 1. The van der Waals surface area contributed by atoms with Crippen molar-refractivity contribution in [3.63, 3.8) is 0 Å². The smallest absolute Gasteiger partial charge is 0.241 e. The van der Waals surface area contributed by atoms with Crippen LogP contribution in [0.25, 0.3) is 0 Å². The van der Waals surface area contributed by atoms with Crippen LogP contribution in [0.2, 0.25) is 0 Å². The molecule has 1 amide bonds. The Kier molecular flexibility index (Phi) is 4.45. The van der Waals surface area contributed by atoms with Crippen LogP contribution in [0.4, 0.5) is 0 Å². The summed E-state index contributed by atoms with van der Waals surface area (Å²) in [5, 5.41) is -0.879. The fraction of sp³-hybridized carbons (Fsp3) is 0.833. The summed E-state index contributed by atoms with van der Waals surface area (Å²) in [5.74, 6) is -0.174. The van der Waals surface area contributed by atoms with E-state index in [1.807, 2.05) is 0 Å². The van der Waals surface area contributed by atoms with E-state index >= 15 is 0 Å². The number of sulfone groups is 1. The molecule has 0 radical (unpaired) electrons. The molecule has 2 atom stereocenters. The second kappa shape index (κ2) is 5.75. The third kappa shape index (κ3) is 3.08. The van der Waals surface area contributed by atoms with Gasteiger partial charge in [0.25, 0.3) is 0 Å². The van der Waals surface area contributed by atoms with Crippen LogP contribution in [0.3, 0.4) is 0 Å². The molecule has 2 rings (SSSR count). The molecule has 2 saturated heterocycles. The topological polar surface area (TPSA) is 80.5 Å². The minimum atomic E-state index is -3.30. The van der Waals surface area contributed by atoms with Crippen molar-refractivity contribution >= 4 is 33.0 Å². The van der Waals surface area contributed by atoms with Gasteiger partial charge in [0.15, 0.2) is 9.84 Å². The quantitative estimate of drug-likeness (QED) is 0.757. The molecule has 2 unspecified atom stereocenters. The molecule has 0 aromatic heterocycles. The molecule has 2 aliphatic rings. The number of nitrogens with zero attached hydrogens (tertiary/aromatic N) is 1. The van der Waals surface area contributed by atoms with Crippen molar-refractivity contribution in [1.82, 2.24) is 4.90 Å². The Hall–Kier alpha value is -0.690. The number of piperidine rings is 1. The zero-order chi connectivity index (χ0) is 14.0.